The average molecular weight is 368 g/mol. The third-order valence-corrected chi connectivity index (χ3v) is 4.29. The molecule has 0 saturated carbocycles. The Labute approximate surface area is 154 Å². The second-order valence-corrected chi connectivity index (χ2v) is 6.18. The Morgan fingerprint density at radius 2 is 1.93 bits per heavy atom. The predicted octanol–water partition coefficient (Wildman–Crippen LogP) is 2.93. The Bertz CT molecular complexity index is 1000. The molecule has 0 unspecified atom stereocenters. The minimum Gasteiger partial charge on any atom is -0.454 e. The molecule has 0 saturated heterocycles. The normalized spacial score (nSPS) is 13.4. The number of aromatic nitrogens is 3. The summed E-state index contributed by atoms with van der Waals surface area (Å²) in [4.78, 5) is 16.8. The highest BCUT2D eigenvalue weighted by Gasteiger charge is 2.20. The molecule has 1 amide bonds. The van der Waals surface area contributed by atoms with Crippen LogP contribution in [0.5, 0.6) is 11.5 Å². The number of ether oxygens (including phenoxy) is 2. The molecular formula is C19H17FN4O3. The number of amides is 1. The number of fused-ring (bicyclic) bond motifs is 1. The van der Waals surface area contributed by atoms with E-state index in [4.69, 9.17) is 9.47 Å². The number of halogens is 1. The zero-order valence-corrected chi connectivity index (χ0v) is 14.8. The van der Waals surface area contributed by atoms with Gasteiger partial charge < -0.3 is 14.8 Å². The quantitative estimate of drug-likeness (QED) is 0.766. The first-order valence-corrected chi connectivity index (χ1v) is 8.41. The van der Waals surface area contributed by atoms with Crippen molar-refractivity contribution >= 4 is 5.91 Å². The molecule has 0 bridgehead atoms. The van der Waals surface area contributed by atoms with Crippen LogP contribution in [0.3, 0.4) is 0 Å². The summed E-state index contributed by atoms with van der Waals surface area (Å²) < 4.78 is 25.3. The van der Waals surface area contributed by atoms with Crippen molar-refractivity contribution in [3.05, 3.63) is 65.5 Å². The number of hydrogen-bond acceptors (Lipinski definition) is 5. The standard InChI is InChI=1S/C19H17FN4O3/c1-11(13-3-8-16-17(9-13)27-10-26-16)21-19(25)18-22-12(2)24(23-18)15-6-4-14(20)5-7-15/h3-9,11H,10H2,1-2H3,(H,21,25)/t11-/m1/s1. The Balaban J connectivity index is 1.51. The summed E-state index contributed by atoms with van der Waals surface area (Å²) in [5.74, 6) is 1.18. The second-order valence-electron chi connectivity index (χ2n) is 6.18. The van der Waals surface area contributed by atoms with E-state index >= 15 is 0 Å². The van der Waals surface area contributed by atoms with Crippen LogP contribution in [0, 0.1) is 12.7 Å². The minimum absolute atomic E-state index is 0.0458. The highest BCUT2D eigenvalue weighted by atomic mass is 19.1. The highest BCUT2D eigenvalue weighted by molar-refractivity contribution is 5.90. The fraction of sp³-hybridized carbons (Fsp3) is 0.211. The summed E-state index contributed by atoms with van der Waals surface area (Å²) >= 11 is 0. The molecule has 7 nitrogen and oxygen atoms in total. The largest absolute Gasteiger partial charge is 0.454 e. The molecule has 2 heterocycles. The number of aryl methyl sites for hydroxylation is 1. The smallest absolute Gasteiger partial charge is 0.291 e. The van der Waals surface area contributed by atoms with E-state index in [1.165, 1.54) is 16.8 Å². The fourth-order valence-corrected chi connectivity index (χ4v) is 2.84. The number of hydrogen-bond donors (Lipinski definition) is 1. The monoisotopic (exact) mass is 368 g/mol. The Morgan fingerprint density at radius 1 is 1.19 bits per heavy atom. The van der Waals surface area contributed by atoms with Gasteiger partial charge in [0.25, 0.3) is 5.91 Å². The van der Waals surface area contributed by atoms with Gasteiger partial charge in [-0.25, -0.2) is 14.1 Å². The van der Waals surface area contributed by atoms with Crippen molar-refractivity contribution in [1.29, 1.82) is 0 Å². The predicted molar refractivity (Wildman–Crippen MR) is 94.5 cm³/mol. The maximum Gasteiger partial charge on any atom is 0.291 e. The fourth-order valence-electron chi connectivity index (χ4n) is 2.84. The van der Waals surface area contributed by atoms with Gasteiger partial charge in [0, 0.05) is 0 Å². The van der Waals surface area contributed by atoms with Gasteiger partial charge in [-0.2, -0.15) is 0 Å². The zero-order valence-electron chi connectivity index (χ0n) is 14.8. The van der Waals surface area contributed by atoms with Crippen LogP contribution in [0.15, 0.2) is 42.5 Å². The first-order chi connectivity index (χ1) is 13.0. The van der Waals surface area contributed by atoms with Crippen molar-refractivity contribution in [2.45, 2.75) is 19.9 Å². The molecule has 27 heavy (non-hydrogen) atoms. The number of benzene rings is 2. The molecule has 0 spiro atoms. The van der Waals surface area contributed by atoms with Gasteiger partial charge in [0.15, 0.2) is 11.5 Å². The third kappa shape index (κ3) is 3.33. The Morgan fingerprint density at radius 3 is 2.70 bits per heavy atom. The van der Waals surface area contributed by atoms with Crippen LogP contribution >= 0.6 is 0 Å². The van der Waals surface area contributed by atoms with Gasteiger partial charge in [0.05, 0.1) is 11.7 Å². The molecule has 4 rings (SSSR count). The zero-order chi connectivity index (χ0) is 19.0. The van der Waals surface area contributed by atoms with Crippen molar-refractivity contribution in [3.8, 4) is 17.2 Å². The van der Waals surface area contributed by atoms with Crippen molar-refractivity contribution in [2.75, 3.05) is 6.79 Å². The molecule has 1 aromatic heterocycles. The highest BCUT2D eigenvalue weighted by Crippen LogP contribution is 2.34. The van der Waals surface area contributed by atoms with Crippen molar-refractivity contribution in [1.82, 2.24) is 20.1 Å². The number of rotatable bonds is 4. The number of carbonyl (C=O) groups is 1. The van der Waals surface area contributed by atoms with Gasteiger partial charge in [-0.3, -0.25) is 4.79 Å². The second kappa shape index (κ2) is 6.71. The molecule has 1 atom stereocenters. The summed E-state index contributed by atoms with van der Waals surface area (Å²) in [6, 6.07) is 11.1. The van der Waals surface area contributed by atoms with Gasteiger partial charge in [0.2, 0.25) is 12.6 Å². The van der Waals surface area contributed by atoms with Crippen LogP contribution in [0.2, 0.25) is 0 Å². The molecule has 8 heteroatoms. The van der Waals surface area contributed by atoms with E-state index in [0.717, 1.165) is 5.56 Å². The Hall–Kier alpha value is -3.42. The van der Waals surface area contributed by atoms with E-state index in [0.29, 0.717) is 23.0 Å². The molecule has 1 aliphatic heterocycles. The summed E-state index contributed by atoms with van der Waals surface area (Å²) in [7, 11) is 0. The van der Waals surface area contributed by atoms with Crippen LogP contribution < -0.4 is 14.8 Å². The van der Waals surface area contributed by atoms with E-state index in [2.05, 4.69) is 15.4 Å². The van der Waals surface area contributed by atoms with Gasteiger partial charge in [-0.1, -0.05) is 6.07 Å². The van der Waals surface area contributed by atoms with Gasteiger partial charge >= 0.3 is 0 Å². The van der Waals surface area contributed by atoms with E-state index in [-0.39, 0.29) is 24.5 Å². The first kappa shape index (κ1) is 17.0. The van der Waals surface area contributed by atoms with Crippen molar-refractivity contribution in [2.24, 2.45) is 0 Å². The van der Waals surface area contributed by atoms with Crippen LogP contribution in [-0.4, -0.2) is 27.5 Å². The van der Waals surface area contributed by atoms with Crippen molar-refractivity contribution < 1.29 is 18.7 Å². The lowest BCUT2D eigenvalue weighted by Crippen LogP contribution is -2.27. The topological polar surface area (TPSA) is 78.3 Å². The SMILES string of the molecule is Cc1nc(C(=O)N[C@H](C)c2ccc3c(c2)OCO3)nn1-c1ccc(F)cc1. The lowest BCUT2D eigenvalue weighted by Gasteiger charge is -2.13. The van der Waals surface area contributed by atoms with E-state index < -0.39 is 5.91 Å². The van der Waals surface area contributed by atoms with Gasteiger partial charge in [-0.05, 0) is 55.8 Å². The summed E-state index contributed by atoms with van der Waals surface area (Å²) in [6.45, 7) is 3.79. The third-order valence-electron chi connectivity index (χ3n) is 4.29. The molecule has 0 aliphatic carbocycles. The summed E-state index contributed by atoms with van der Waals surface area (Å²) in [5.41, 5.74) is 1.51. The summed E-state index contributed by atoms with van der Waals surface area (Å²) in [5, 5.41) is 7.11. The maximum atomic E-state index is 13.1. The van der Waals surface area contributed by atoms with Crippen LogP contribution in [0.25, 0.3) is 5.69 Å². The van der Waals surface area contributed by atoms with E-state index in [1.54, 1.807) is 19.1 Å². The van der Waals surface area contributed by atoms with Crippen LogP contribution in [0.1, 0.15) is 35.0 Å². The van der Waals surface area contributed by atoms with E-state index in [9.17, 15) is 9.18 Å². The van der Waals surface area contributed by atoms with Gasteiger partial charge in [-0.15, -0.1) is 5.10 Å². The molecule has 0 radical (unpaired) electrons. The molecular weight excluding hydrogens is 351 g/mol. The minimum atomic E-state index is -0.399. The lowest BCUT2D eigenvalue weighted by molar-refractivity contribution is 0.0929. The van der Waals surface area contributed by atoms with Crippen LogP contribution in [-0.2, 0) is 0 Å². The van der Waals surface area contributed by atoms with Gasteiger partial charge in [0.1, 0.15) is 11.6 Å². The van der Waals surface area contributed by atoms with Crippen LogP contribution in [0.4, 0.5) is 4.39 Å². The van der Waals surface area contributed by atoms with E-state index in [1.807, 2.05) is 25.1 Å². The lowest BCUT2D eigenvalue weighted by atomic mass is 10.1. The Kier molecular flexibility index (Phi) is 4.23. The summed E-state index contributed by atoms with van der Waals surface area (Å²) in [6.07, 6.45) is 0. The molecule has 0 fully saturated rings. The number of nitrogens with zero attached hydrogens (tertiary/aromatic N) is 3. The average Bonchev–Trinajstić information content (AvgIpc) is 3.28. The molecule has 1 N–H and O–H groups in total. The molecule has 3 aromatic rings. The molecule has 138 valence electrons. The molecule has 1 aliphatic rings. The molecule has 2 aromatic carbocycles. The number of carbonyl (C=O) groups excluding carboxylic acids is 1. The first-order valence-electron chi connectivity index (χ1n) is 8.41. The maximum absolute atomic E-state index is 13.1. The number of nitrogens with one attached hydrogen (secondary N) is 1. The van der Waals surface area contributed by atoms with Crippen molar-refractivity contribution in [3.63, 3.8) is 0 Å².